The first-order valence-corrected chi connectivity index (χ1v) is 6.35. The number of hydrogen-bond acceptors (Lipinski definition) is 4. The number of carbonyl (C=O) groups excluding carboxylic acids is 2. The molecule has 0 saturated carbocycles. The molecule has 2 aromatic heterocycles. The fourth-order valence-electron chi connectivity index (χ4n) is 2.23. The number of nitrogens with one attached hydrogen (secondary N) is 1. The molecule has 0 atom stereocenters. The molecule has 0 aliphatic carbocycles. The van der Waals surface area contributed by atoms with Gasteiger partial charge in [-0.15, -0.1) is 0 Å². The van der Waals surface area contributed by atoms with E-state index in [1.54, 1.807) is 12.4 Å². The van der Waals surface area contributed by atoms with Gasteiger partial charge in [0.1, 0.15) is 0 Å². The van der Waals surface area contributed by atoms with Crippen LogP contribution < -0.4 is 0 Å². The normalized spacial score (nSPS) is 10.5. The first kappa shape index (κ1) is 13.1. The molecule has 0 radical (unpaired) electrons. The van der Waals surface area contributed by atoms with Crippen LogP contribution >= 0.6 is 0 Å². The third-order valence-electron chi connectivity index (χ3n) is 3.29. The Hall–Kier alpha value is -2.95. The fourth-order valence-corrected chi connectivity index (χ4v) is 2.23. The number of hydrogen-bond donors (Lipinski definition) is 1. The van der Waals surface area contributed by atoms with Gasteiger partial charge in [0, 0.05) is 35.1 Å². The van der Waals surface area contributed by atoms with Gasteiger partial charge in [-0.1, -0.05) is 18.2 Å². The Morgan fingerprint density at radius 2 is 2.05 bits per heavy atom. The van der Waals surface area contributed by atoms with Crippen LogP contribution in [-0.2, 0) is 9.53 Å². The minimum Gasteiger partial charge on any atom is -0.463 e. The van der Waals surface area contributed by atoms with Crippen LogP contribution in [0.1, 0.15) is 10.4 Å². The zero-order valence-electron chi connectivity index (χ0n) is 11.3. The molecular weight excluding hydrogens is 268 g/mol. The van der Waals surface area contributed by atoms with Crippen LogP contribution in [0.5, 0.6) is 0 Å². The maximum absolute atomic E-state index is 11.9. The number of Topliss-reactive ketones (excluding diaryl/α,β-unsaturated/α-hetero) is 1. The lowest BCUT2D eigenvalue weighted by Gasteiger charge is -2.02. The zero-order chi connectivity index (χ0) is 14.8. The number of rotatable bonds is 3. The van der Waals surface area contributed by atoms with Crippen molar-refractivity contribution in [2.24, 2.45) is 0 Å². The van der Waals surface area contributed by atoms with Crippen LogP contribution in [-0.4, -0.2) is 28.8 Å². The van der Waals surface area contributed by atoms with Gasteiger partial charge in [0.15, 0.2) is 0 Å². The molecule has 3 aromatic rings. The molecule has 0 bridgehead atoms. The van der Waals surface area contributed by atoms with Gasteiger partial charge >= 0.3 is 5.97 Å². The van der Waals surface area contributed by atoms with Crippen LogP contribution in [0.3, 0.4) is 0 Å². The number of ether oxygens (including phenoxy) is 1. The molecule has 1 aromatic carbocycles. The van der Waals surface area contributed by atoms with Crippen LogP contribution in [0.15, 0.2) is 48.9 Å². The Kier molecular flexibility index (Phi) is 3.23. The van der Waals surface area contributed by atoms with Gasteiger partial charge in [0.2, 0.25) is 0 Å². The summed E-state index contributed by atoms with van der Waals surface area (Å²) < 4.78 is 4.47. The smallest absolute Gasteiger partial charge is 0.379 e. The van der Waals surface area contributed by atoms with E-state index in [1.165, 1.54) is 13.3 Å². The Labute approximate surface area is 120 Å². The number of aromatic amines is 1. The maximum Gasteiger partial charge on any atom is 0.379 e. The summed E-state index contributed by atoms with van der Waals surface area (Å²) >= 11 is 0. The summed E-state index contributed by atoms with van der Waals surface area (Å²) in [4.78, 5) is 30.3. The quantitative estimate of drug-likeness (QED) is 0.454. The first-order chi connectivity index (χ1) is 10.2. The summed E-state index contributed by atoms with van der Waals surface area (Å²) in [6.07, 6.45) is 5.01. The van der Waals surface area contributed by atoms with E-state index >= 15 is 0 Å². The second kappa shape index (κ2) is 5.20. The molecule has 3 rings (SSSR count). The Bertz CT molecular complexity index is 822. The predicted molar refractivity (Wildman–Crippen MR) is 77.9 cm³/mol. The van der Waals surface area contributed by atoms with Gasteiger partial charge in [-0.2, -0.15) is 0 Å². The molecule has 0 unspecified atom stereocenters. The summed E-state index contributed by atoms with van der Waals surface area (Å²) in [7, 11) is 1.19. The molecule has 21 heavy (non-hydrogen) atoms. The highest BCUT2D eigenvalue weighted by molar-refractivity contribution is 6.42. The fraction of sp³-hybridized carbons (Fsp3) is 0.0625. The van der Waals surface area contributed by atoms with Crippen LogP contribution in [0.25, 0.3) is 22.0 Å². The van der Waals surface area contributed by atoms with Gasteiger partial charge in [0.05, 0.1) is 12.7 Å². The standard InChI is InChI=1S/C16H12N2O3/c1-21-16(20)15(19)13-9-18-14-7-10(4-5-12(13)14)11-3-2-6-17-8-11/h2-9,18H,1H3. The van der Waals surface area contributed by atoms with Gasteiger partial charge in [-0.3, -0.25) is 9.78 Å². The Morgan fingerprint density at radius 3 is 2.76 bits per heavy atom. The highest BCUT2D eigenvalue weighted by atomic mass is 16.5. The second-order valence-corrected chi connectivity index (χ2v) is 4.53. The van der Waals surface area contributed by atoms with E-state index in [0.29, 0.717) is 10.9 Å². The monoisotopic (exact) mass is 280 g/mol. The lowest BCUT2D eigenvalue weighted by molar-refractivity contribution is -0.135. The Balaban J connectivity index is 2.06. The molecule has 5 nitrogen and oxygen atoms in total. The predicted octanol–water partition coefficient (Wildman–Crippen LogP) is 2.59. The van der Waals surface area contributed by atoms with Gasteiger partial charge in [-0.05, 0) is 17.7 Å². The average molecular weight is 280 g/mol. The van der Waals surface area contributed by atoms with Gasteiger partial charge < -0.3 is 9.72 Å². The number of carbonyl (C=O) groups is 2. The molecule has 0 aliphatic heterocycles. The van der Waals surface area contributed by atoms with E-state index < -0.39 is 11.8 Å². The van der Waals surface area contributed by atoms with E-state index in [4.69, 9.17) is 0 Å². The molecule has 0 aliphatic rings. The molecule has 1 N–H and O–H groups in total. The third kappa shape index (κ3) is 2.29. The van der Waals surface area contributed by atoms with Crippen molar-refractivity contribution in [2.45, 2.75) is 0 Å². The van der Waals surface area contributed by atoms with Crippen molar-refractivity contribution in [3.63, 3.8) is 0 Å². The summed E-state index contributed by atoms with van der Waals surface area (Å²) in [6, 6.07) is 9.43. The molecule has 2 heterocycles. The van der Waals surface area contributed by atoms with Crippen molar-refractivity contribution in [1.29, 1.82) is 0 Å². The van der Waals surface area contributed by atoms with E-state index in [0.717, 1.165) is 16.6 Å². The summed E-state index contributed by atoms with van der Waals surface area (Å²) in [5.41, 5.74) is 3.06. The maximum atomic E-state index is 11.9. The largest absolute Gasteiger partial charge is 0.463 e. The van der Waals surface area contributed by atoms with Crippen molar-refractivity contribution in [3.05, 3.63) is 54.5 Å². The first-order valence-electron chi connectivity index (χ1n) is 6.35. The van der Waals surface area contributed by atoms with Crippen LogP contribution in [0.2, 0.25) is 0 Å². The number of nitrogens with zero attached hydrogens (tertiary/aromatic N) is 1. The third-order valence-corrected chi connectivity index (χ3v) is 3.29. The Morgan fingerprint density at radius 1 is 1.19 bits per heavy atom. The van der Waals surface area contributed by atoms with Crippen molar-refractivity contribution in [3.8, 4) is 11.1 Å². The molecule has 0 amide bonds. The van der Waals surface area contributed by atoms with E-state index in [-0.39, 0.29) is 0 Å². The SMILES string of the molecule is COC(=O)C(=O)c1c[nH]c2cc(-c3cccnc3)ccc12. The van der Waals surface area contributed by atoms with Crippen LogP contribution in [0, 0.1) is 0 Å². The number of pyridine rings is 1. The number of benzene rings is 1. The molecule has 0 saturated heterocycles. The molecule has 104 valence electrons. The number of esters is 1. The van der Waals surface area contributed by atoms with Crippen molar-refractivity contribution in [2.75, 3.05) is 7.11 Å². The minimum absolute atomic E-state index is 0.314. The van der Waals surface area contributed by atoms with Crippen molar-refractivity contribution < 1.29 is 14.3 Å². The van der Waals surface area contributed by atoms with E-state index in [2.05, 4.69) is 14.7 Å². The summed E-state index contributed by atoms with van der Waals surface area (Å²) in [5.74, 6) is -1.52. The second-order valence-electron chi connectivity index (χ2n) is 4.53. The highest BCUT2D eigenvalue weighted by Gasteiger charge is 2.20. The van der Waals surface area contributed by atoms with Crippen LogP contribution in [0.4, 0.5) is 0 Å². The molecule has 5 heteroatoms. The lowest BCUT2D eigenvalue weighted by Crippen LogP contribution is -2.15. The number of fused-ring (bicyclic) bond motifs is 1. The highest BCUT2D eigenvalue weighted by Crippen LogP contribution is 2.25. The average Bonchev–Trinajstić information content (AvgIpc) is 2.97. The van der Waals surface area contributed by atoms with Crippen molar-refractivity contribution in [1.82, 2.24) is 9.97 Å². The van der Waals surface area contributed by atoms with E-state index in [1.807, 2.05) is 30.3 Å². The molecular formula is C16H12N2O3. The summed E-state index contributed by atoms with van der Waals surface area (Å²) in [5, 5.41) is 0.693. The summed E-state index contributed by atoms with van der Waals surface area (Å²) in [6.45, 7) is 0. The number of ketones is 1. The zero-order valence-corrected chi connectivity index (χ0v) is 11.3. The number of aromatic nitrogens is 2. The molecule has 0 fully saturated rings. The van der Waals surface area contributed by atoms with E-state index in [9.17, 15) is 9.59 Å². The lowest BCUT2D eigenvalue weighted by atomic mass is 10.0. The number of methoxy groups -OCH3 is 1. The van der Waals surface area contributed by atoms with Crippen molar-refractivity contribution >= 4 is 22.7 Å². The topological polar surface area (TPSA) is 72.1 Å². The molecule has 0 spiro atoms. The van der Waals surface area contributed by atoms with Gasteiger partial charge in [0.25, 0.3) is 5.78 Å². The number of H-pyrrole nitrogens is 1. The van der Waals surface area contributed by atoms with Gasteiger partial charge in [-0.25, -0.2) is 4.79 Å². The minimum atomic E-state index is -0.868.